The van der Waals surface area contributed by atoms with Gasteiger partial charge in [0.15, 0.2) is 34.8 Å². The molecule has 0 aromatic heterocycles. The number of ether oxygens (including phenoxy) is 1. The van der Waals surface area contributed by atoms with Crippen molar-refractivity contribution in [1.29, 1.82) is 0 Å². The molecule has 1 aliphatic rings. The molecule has 0 aliphatic heterocycles. The summed E-state index contributed by atoms with van der Waals surface area (Å²) in [6.45, 7) is 1.91. The quantitative estimate of drug-likeness (QED) is 0.146. The average molecular weight is 618 g/mol. The monoisotopic (exact) mass is 618 g/mol. The maximum atomic E-state index is 15.0. The van der Waals surface area contributed by atoms with Crippen LogP contribution in [-0.2, 0) is 12.8 Å². The van der Waals surface area contributed by atoms with Gasteiger partial charge in [-0.1, -0.05) is 24.3 Å². The standard InChI is InChI=1S/C28H25F6IO/c1-2-36-22-14-12-20(26(32)28(22)34)16-5-3-15(4-6-16)19-11-9-17(23(29)25(19)31)7-8-18-10-13-21(35)27(33)24(18)30/h9-16H,2-8H2,1H3. The smallest absolute Gasteiger partial charge is 0.200 e. The van der Waals surface area contributed by atoms with Crippen LogP contribution in [0.2, 0.25) is 0 Å². The minimum absolute atomic E-state index is 0.0231. The van der Waals surface area contributed by atoms with Crippen LogP contribution in [0.5, 0.6) is 5.75 Å². The molecule has 3 aromatic rings. The summed E-state index contributed by atoms with van der Waals surface area (Å²) >= 11 is 1.69. The fourth-order valence-electron chi connectivity index (χ4n) is 4.99. The maximum absolute atomic E-state index is 15.0. The van der Waals surface area contributed by atoms with E-state index in [-0.39, 0.29) is 62.9 Å². The Hall–Kier alpha value is -2.23. The molecule has 0 radical (unpaired) electrons. The second-order valence-corrected chi connectivity index (χ2v) is 10.2. The average Bonchev–Trinajstić information content (AvgIpc) is 2.88. The van der Waals surface area contributed by atoms with Crippen LogP contribution >= 0.6 is 22.6 Å². The molecule has 0 amide bonds. The molecule has 36 heavy (non-hydrogen) atoms. The van der Waals surface area contributed by atoms with Crippen LogP contribution in [0.15, 0.2) is 36.4 Å². The van der Waals surface area contributed by atoms with E-state index in [2.05, 4.69) is 0 Å². The van der Waals surface area contributed by atoms with E-state index in [1.54, 1.807) is 35.6 Å². The van der Waals surface area contributed by atoms with Crippen molar-refractivity contribution in [2.45, 2.75) is 57.3 Å². The SMILES string of the molecule is CCOc1ccc(C2CCC(c3ccc(CCc4ccc(I)c(F)c4F)c(F)c3F)CC2)c(F)c1F. The van der Waals surface area contributed by atoms with Crippen LogP contribution in [0, 0.1) is 38.5 Å². The zero-order valence-corrected chi connectivity index (χ0v) is 21.8. The van der Waals surface area contributed by atoms with Gasteiger partial charge in [-0.15, -0.1) is 0 Å². The molecule has 0 saturated heterocycles. The molecule has 0 heterocycles. The summed E-state index contributed by atoms with van der Waals surface area (Å²) in [5, 5.41) is 0. The third-order valence-corrected chi connectivity index (χ3v) is 7.79. The van der Waals surface area contributed by atoms with E-state index in [9.17, 15) is 26.3 Å². The Morgan fingerprint density at radius 2 is 1.11 bits per heavy atom. The number of hydrogen-bond acceptors (Lipinski definition) is 1. The highest BCUT2D eigenvalue weighted by Crippen LogP contribution is 2.43. The molecule has 192 valence electrons. The lowest BCUT2D eigenvalue weighted by atomic mass is 9.75. The van der Waals surface area contributed by atoms with E-state index in [1.165, 1.54) is 30.3 Å². The Kier molecular flexibility index (Phi) is 8.52. The topological polar surface area (TPSA) is 9.23 Å². The van der Waals surface area contributed by atoms with Crippen LogP contribution in [0.4, 0.5) is 26.3 Å². The Bertz CT molecular complexity index is 1250. The first kappa shape index (κ1) is 26.8. The Morgan fingerprint density at radius 3 is 1.67 bits per heavy atom. The fraction of sp³-hybridized carbons (Fsp3) is 0.357. The molecule has 1 saturated carbocycles. The normalized spacial score (nSPS) is 17.9. The Balaban J connectivity index is 1.43. The van der Waals surface area contributed by atoms with Crippen molar-refractivity contribution in [3.05, 3.63) is 97.1 Å². The van der Waals surface area contributed by atoms with E-state index in [0.29, 0.717) is 25.7 Å². The van der Waals surface area contributed by atoms with E-state index in [4.69, 9.17) is 4.74 Å². The van der Waals surface area contributed by atoms with Gasteiger partial charge in [0.25, 0.3) is 0 Å². The number of hydrogen-bond donors (Lipinski definition) is 0. The molecule has 0 bridgehead atoms. The second-order valence-electron chi connectivity index (χ2n) is 9.04. The minimum Gasteiger partial charge on any atom is -0.491 e. The fourth-order valence-corrected chi connectivity index (χ4v) is 5.40. The predicted octanol–water partition coefficient (Wildman–Crippen LogP) is 8.75. The highest BCUT2D eigenvalue weighted by molar-refractivity contribution is 14.1. The molecular weight excluding hydrogens is 593 g/mol. The number of benzene rings is 3. The molecule has 1 nitrogen and oxygen atoms in total. The lowest BCUT2D eigenvalue weighted by Crippen LogP contribution is -2.16. The van der Waals surface area contributed by atoms with Gasteiger partial charge in [-0.25, -0.2) is 22.0 Å². The van der Waals surface area contributed by atoms with Crippen molar-refractivity contribution in [2.75, 3.05) is 6.61 Å². The summed E-state index contributed by atoms with van der Waals surface area (Å²) < 4.78 is 91.9. The van der Waals surface area contributed by atoms with Crippen LogP contribution in [0.25, 0.3) is 0 Å². The van der Waals surface area contributed by atoms with Gasteiger partial charge < -0.3 is 4.74 Å². The van der Waals surface area contributed by atoms with Crippen LogP contribution in [-0.4, -0.2) is 6.61 Å². The predicted molar refractivity (Wildman–Crippen MR) is 134 cm³/mol. The summed E-state index contributed by atoms with van der Waals surface area (Å²) in [6, 6.07) is 8.88. The molecule has 0 atom stereocenters. The van der Waals surface area contributed by atoms with Crippen molar-refractivity contribution in [1.82, 2.24) is 0 Å². The largest absolute Gasteiger partial charge is 0.491 e. The van der Waals surface area contributed by atoms with Gasteiger partial charge in [0.2, 0.25) is 5.82 Å². The van der Waals surface area contributed by atoms with Gasteiger partial charge in [-0.2, -0.15) is 4.39 Å². The van der Waals surface area contributed by atoms with Gasteiger partial charge >= 0.3 is 0 Å². The van der Waals surface area contributed by atoms with E-state index in [0.717, 1.165) is 0 Å². The third-order valence-electron chi connectivity index (χ3n) is 6.95. The first-order valence-electron chi connectivity index (χ1n) is 11.9. The summed E-state index contributed by atoms with van der Waals surface area (Å²) in [5.41, 5.74) is 0.721. The van der Waals surface area contributed by atoms with Crippen molar-refractivity contribution in [2.24, 2.45) is 0 Å². The highest BCUT2D eigenvalue weighted by atomic mass is 127. The molecule has 1 fully saturated rings. The number of halogens is 7. The van der Waals surface area contributed by atoms with Gasteiger partial charge in [0.1, 0.15) is 0 Å². The molecule has 1 aliphatic carbocycles. The molecular formula is C28H25F6IO. The first-order chi connectivity index (χ1) is 17.2. The molecule has 0 N–H and O–H groups in total. The zero-order chi connectivity index (χ0) is 26.0. The lowest BCUT2D eigenvalue weighted by molar-refractivity contribution is 0.310. The molecule has 4 rings (SSSR count). The van der Waals surface area contributed by atoms with E-state index in [1.807, 2.05) is 0 Å². The molecule has 0 spiro atoms. The Labute approximate surface area is 220 Å². The van der Waals surface area contributed by atoms with Crippen LogP contribution in [0.3, 0.4) is 0 Å². The van der Waals surface area contributed by atoms with Gasteiger partial charge in [0.05, 0.1) is 10.2 Å². The van der Waals surface area contributed by atoms with Crippen molar-refractivity contribution in [3.63, 3.8) is 0 Å². The summed E-state index contributed by atoms with van der Waals surface area (Å²) in [4.78, 5) is 0. The summed E-state index contributed by atoms with van der Waals surface area (Å²) in [5.74, 6) is -6.36. The lowest BCUT2D eigenvalue weighted by Gasteiger charge is -2.30. The number of rotatable bonds is 7. The molecule has 0 unspecified atom stereocenters. The summed E-state index contributed by atoms with van der Waals surface area (Å²) in [6.07, 6.45) is 2.08. The molecule has 3 aromatic carbocycles. The highest BCUT2D eigenvalue weighted by Gasteiger charge is 2.29. The van der Waals surface area contributed by atoms with Gasteiger partial charge in [-0.3, -0.25) is 0 Å². The third kappa shape index (κ3) is 5.38. The van der Waals surface area contributed by atoms with E-state index < -0.39 is 34.9 Å². The van der Waals surface area contributed by atoms with Crippen LogP contribution < -0.4 is 4.74 Å². The van der Waals surface area contributed by atoms with Crippen molar-refractivity contribution in [3.8, 4) is 5.75 Å². The minimum atomic E-state index is -1.01. The summed E-state index contributed by atoms with van der Waals surface area (Å²) in [7, 11) is 0. The van der Waals surface area contributed by atoms with Crippen molar-refractivity contribution < 1.29 is 31.1 Å². The van der Waals surface area contributed by atoms with Gasteiger partial charge in [-0.05, 0) is 114 Å². The number of aryl methyl sites for hydroxylation is 2. The van der Waals surface area contributed by atoms with Gasteiger partial charge in [0, 0.05) is 0 Å². The zero-order valence-electron chi connectivity index (χ0n) is 19.6. The Morgan fingerprint density at radius 1 is 0.639 bits per heavy atom. The first-order valence-corrected chi connectivity index (χ1v) is 13.0. The van der Waals surface area contributed by atoms with Crippen LogP contribution in [0.1, 0.15) is 66.7 Å². The molecule has 8 heteroatoms. The second kappa shape index (κ2) is 11.4. The maximum Gasteiger partial charge on any atom is 0.200 e. The van der Waals surface area contributed by atoms with E-state index >= 15 is 0 Å². The van der Waals surface area contributed by atoms with Crippen molar-refractivity contribution >= 4 is 22.6 Å².